The monoisotopic (exact) mass is 411 g/mol. The number of sulfone groups is 1. The van der Waals surface area contributed by atoms with Crippen LogP contribution >= 0.6 is 0 Å². The Kier molecular flexibility index (Phi) is 6.85. The minimum Gasteiger partial charge on any atom is -0.223 e. The molecule has 3 aromatic rings. The van der Waals surface area contributed by atoms with Crippen LogP contribution in [0.15, 0.2) is 65.6 Å². The van der Waals surface area contributed by atoms with Crippen LogP contribution in [0.2, 0.25) is 0 Å². The molecule has 6 heteroatoms. The molecule has 0 N–H and O–H groups in total. The van der Waals surface area contributed by atoms with Crippen molar-refractivity contribution in [1.29, 1.82) is 0 Å². The van der Waals surface area contributed by atoms with Gasteiger partial charge in [0.05, 0.1) is 15.2 Å². The number of rotatable bonds is 10. The molecule has 1 aromatic heterocycles. The molecule has 0 unspecified atom stereocenters. The van der Waals surface area contributed by atoms with Crippen LogP contribution in [0.25, 0.3) is 17.2 Å². The van der Waals surface area contributed by atoms with Crippen LogP contribution in [0.5, 0.6) is 0 Å². The van der Waals surface area contributed by atoms with Gasteiger partial charge in [0.25, 0.3) is 0 Å². The summed E-state index contributed by atoms with van der Waals surface area (Å²) in [4.78, 5) is 0.375. The van der Waals surface area contributed by atoms with E-state index in [2.05, 4.69) is 24.2 Å². The first-order valence-electron chi connectivity index (χ1n) is 10.3. The molecule has 0 saturated heterocycles. The number of fused-ring (bicyclic) bond motifs is 1. The lowest BCUT2D eigenvalue weighted by Gasteiger charge is -2.31. The van der Waals surface area contributed by atoms with E-state index < -0.39 is 14.6 Å². The van der Waals surface area contributed by atoms with Crippen molar-refractivity contribution >= 4 is 27.1 Å². The predicted molar refractivity (Wildman–Crippen MR) is 118 cm³/mol. The van der Waals surface area contributed by atoms with E-state index in [-0.39, 0.29) is 0 Å². The van der Waals surface area contributed by atoms with E-state index in [9.17, 15) is 8.42 Å². The summed E-state index contributed by atoms with van der Waals surface area (Å²) in [5, 5.41) is 8.38. The molecule has 0 aliphatic carbocycles. The number of unbranched alkanes of at least 4 members (excludes halogenated alkanes) is 2. The number of aromatic nitrogens is 3. The van der Waals surface area contributed by atoms with E-state index in [0.717, 1.165) is 36.7 Å². The van der Waals surface area contributed by atoms with Crippen LogP contribution in [0.4, 0.5) is 0 Å². The third-order valence-electron chi connectivity index (χ3n) is 5.39. The van der Waals surface area contributed by atoms with Gasteiger partial charge < -0.3 is 0 Å². The van der Waals surface area contributed by atoms with Crippen LogP contribution in [-0.2, 0) is 9.84 Å². The highest BCUT2D eigenvalue weighted by Crippen LogP contribution is 2.37. The molecule has 0 aliphatic rings. The lowest BCUT2D eigenvalue weighted by molar-refractivity contribution is 0.484. The Morgan fingerprint density at radius 2 is 1.55 bits per heavy atom. The molecule has 3 rings (SSSR count). The van der Waals surface area contributed by atoms with E-state index >= 15 is 0 Å². The van der Waals surface area contributed by atoms with Gasteiger partial charge in [-0.3, -0.25) is 0 Å². The quantitative estimate of drug-likeness (QED) is 0.442. The second-order valence-electron chi connectivity index (χ2n) is 7.43. The first kappa shape index (κ1) is 21.2. The molecular weight excluding hydrogens is 382 g/mol. The molecule has 0 fully saturated rings. The van der Waals surface area contributed by atoms with E-state index in [4.69, 9.17) is 0 Å². The summed E-state index contributed by atoms with van der Waals surface area (Å²) in [6.45, 7) is 4.18. The van der Waals surface area contributed by atoms with Crippen LogP contribution < -0.4 is 0 Å². The van der Waals surface area contributed by atoms with Crippen molar-refractivity contribution in [3.05, 3.63) is 60.7 Å². The van der Waals surface area contributed by atoms with Crippen molar-refractivity contribution < 1.29 is 8.42 Å². The van der Waals surface area contributed by atoms with Gasteiger partial charge in [0, 0.05) is 6.20 Å². The van der Waals surface area contributed by atoms with E-state index in [1.807, 2.05) is 36.4 Å². The van der Waals surface area contributed by atoms with Gasteiger partial charge in [-0.05, 0) is 43.2 Å². The number of nitrogens with zero attached hydrogens (tertiary/aromatic N) is 3. The van der Waals surface area contributed by atoms with E-state index in [0.29, 0.717) is 17.7 Å². The normalized spacial score (nSPS) is 12.8. The maximum Gasteiger partial charge on any atom is 0.187 e. The van der Waals surface area contributed by atoms with Crippen LogP contribution in [-0.4, -0.2) is 28.2 Å². The molecule has 0 spiro atoms. The molecule has 0 bridgehead atoms. The van der Waals surface area contributed by atoms with Crippen LogP contribution in [0, 0.1) is 0 Å². The van der Waals surface area contributed by atoms with Crippen molar-refractivity contribution in [2.45, 2.75) is 62.0 Å². The second kappa shape index (κ2) is 9.35. The lowest BCUT2D eigenvalue weighted by atomic mass is 9.95. The van der Waals surface area contributed by atoms with Crippen LogP contribution in [0.1, 0.15) is 52.4 Å². The zero-order valence-corrected chi connectivity index (χ0v) is 18.0. The maximum atomic E-state index is 13.8. The summed E-state index contributed by atoms with van der Waals surface area (Å²) in [6, 6.07) is 16.5. The molecule has 0 saturated carbocycles. The van der Waals surface area contributed by atoms with Crippen molar-refractivity contribution in [3.8, 4) is 0 Å². The summed E-state index contributed by atoms with van der Waals surface area (Å²) in [6.07, 6.45) is 8.38. The molecule has 0 aliphatic heterocycles. The zero-order chi connectivity index (χ0) is 20.7. The van der Waals surface area contributed by atoms with Gasteiger partial charge in [-0.2, -0.15) is 0 Å². The number of hydrogen-bond donors (Lipinski definition) is 0. The highest BCUT2D eigenvalue weighted by molar-refractivity contribution is 7.93. The number of hydrogen-bond acceptors (Lipinski definition) is 4. The first-order chi connectivity index (χ1) is 14.0. The minimum atomic E-state index is -3.56. The van der Waals surface area contributed by atoms with Crippen molar-refractivity contribution in [1.82, 2.24) is 15.0 Å². The maximum absolute atomic E-state index is 13.8. The highest BCUT2D eigenvalue weighted by atomic mass is 32.2. The summed E-state index contributed by atoms with van der Waals surface area (Å²) in [5.74, 6) is 0. The molecule has 154 valence electrons. The molecule has 29 heavy (non-hydrogen) atoms. The van der Waals surface area contributed by atoms with Crippen LogP contribution in [0.3, 0.4) is 0 Å². The molecule has 0 atom stereocenters. The van der Waals surface area contributed by atoms with Gasteiger partial charge in [0.1, 0.15) is 5.52 Å². The zero-order valence-electron chi connectivity index (χ0n) is 17.2. The molecule has 1 heterocycles. The number of para-hydroxylation sites is 1. The molecule has 5 nitrogen and oxygen atoms in total. The average molecular weight is 412 g/mol. The Bertz CT molecular complexity index is 1050. The number of benzene rings is 2. The Morgan fingerprint density at radius 3 is 2.21 bits per heavy atom. The van der Waals surface area contributed by atoms with Gasteiger partial charge in [0.2, 0.25) is 0 Å². The van der Waals surface area contributed by atoms with Gasteiger partial charge in [0.15, 0.2) is 9.84 Å². The Balaban J connectivity index is 2.10. The van der Waals surface area contributed by atoms with Gasteiger partial charge in [-0.15, -0.1) is 5.10 Å². The Morgan fingerprint density at radius 1 is 0.931 bits per heavy atom. The highest BCUT2D eigenvalue weighted by Gasteiger charge is 2.41. The fourth-order valence-electron chi connectivity index (χ4n) is 3.64. The third kappa shape index (κ3) is 4.42. The van der Waals surface area contributed by atoms with E-state index in [1.165, 1.54) is 0 Å². The largest absolute Gasteiger partial charge is 0.223 e. The molecular formula is C23H29N3O2S. The van der Waals surface area contributed by atoms with Crippen molar-refractivity contribution in [3.63, 3.8) is 0 Å². The fourth-order valence-corrected chi connectivity index (χ4v) is 5.69. The Hall–Kier alpha value is -2.47. The summed E-state index contributed by atoms with van der Waals surface area (Å²) in [5.41, 5.74) is 1.65. The standard InChI is InChI=1S/C23H29N3O2S/c1-3-5-16-23(17-6-4-2,29(27,28)20-12-8-7-9-13-20)18-19-26-22-15-11-10-14-21(22)24-25-26/h7-15,18-19H,3-6,16-17H2,1-2H3. The second-order valence-corrected chi connectivity index (χ2v) is 9.72. The first-order valence-corrected chi connectivity index (χ1v) is 11.8. The van der Waals surface area contributed by atoms with Crippen molar-refractivity contribution in [2.75, 3.05) is 0 Å². The fraction of sp³-hybridized carbons (Fsp3) is 0.391. The minimum absolute atomic E-state index is 0.375. The van der Waals surface area contributed by atoms with Crippen molar-refractivity contribution in [2.24, 2.45) is 0 Å². The lowest BCUT2D eigenvalue weighted by Crippen LogP contribution is -2.37. The van der Waals surface area contributed by atoms with Gasteiger partial charge >= 0.3 is 0 Å². The smallest absolute Gasteiger partial charge is 0.187 e. The van der Waals surface area contributed by atoms with E-state index in [1.54, 1.807) is 35.1 Å². The third-order valence-corrected chi connectivity index (χ3v) is 7.90. The predicted octanol–water partition coefficient (Wildman–Crippen LogP) is 5.50. The summed E-state index contributed by atoms with van der Waals surface area (Å²) >= 11 is 0. The Labute approximate surface area is 173 Å². The summed E-state index contributed by atoms with van der Waals surface area (Å²) < 4.78 is 28.3. The molecule has 0 amide bonds. The topological polar surface area (TPSA) is 64.8 Å². The SMILES string of the molecule is CCCCC(C=Cn1nnc2ccccc21)(CCCC)S(=O)(=O)c1ccccc1. The van der Waals surface area contributed by atoms with Gasteiger partial charge in [-0.1, -0.05) is 75.1 Å². The molecule has 0 radical (unpaired) electrons. The van der Waals surface area contributed by atoms with Gasteiger partial charge in [-0.25, -0.2) is 13.1 Å². The summed E-state index contributed by atoms with van der Waals surface area (Å²) in [7, 11) is -3.56. The average Bonchev–Trinajstić information content (AvgIpc) is 3.17. The molecule has 2 aromatic carbocycles.